The number of carbonyl (C=O) groups is 1. The summed E-state index contributed by atoms with van der Waals surface area (Å²) in [6.07, 6.45) is 11.4. The van der Waals surface area contributed by atoms with Crippen molar-refractivity contribution >= 4 is 22.8 Å². The largest absolute Gasteiger partial charge is 0.480 e. The predicted octanol–water partition coefficient (Wildman–Crippen LogP) is 3.58. The number of pyridine rings is 1. The van der Waals surface area contributed by atoms with Gasteiger partial charge in [-0.05, 0) is 76.0 Å². The monoisotopic (exact) mass is 497 g/mol. The van der Waals surface area contributed by atoms with E-state index in [0.29, 0.717) is 42.8 Å². The Balaban J connectivity index is 1.29. The van der Waals surface area contributed by atoms with Gasteiger partial charge in [0.2, 0.25) is 0 Å². The number of aromatic nitrogens is 5. The molecule has 194 valence electrons. The molecule has 4 rings (SSSR count). The molecule has 2 N–H and O–H groups in total. The Hall–Kier alpha value is -3.14. The number of nitrogens with one attached hydrogen (secondary N) is 1. The Morgan fingerprint density at radius 2 is 2.00 bits per heavy atom. The maximum Gasteiger partial charge on any atom is 0.326 e. The van der Waals surface area contributed by atoms with E-state index in [1.54, 1.807) is 17.9 Å². The molecular weight excluding hydrogens is 461 g/mol. The van der Waals surface area contributed by atoms with Gasteiger partial charge in [-0.1, -0.05) is 6.07 Å². The number of fused-ring (bicyclic) bond motifs is 2. The van der Waals surface area contributed by atoms with Gasteiger partial charge in [0.25, 0.3) is 0 Å². The fourth-order valence-corrected chi connectivity index (χ4v) is 4.84. The zero-order chi connectivity index (χ0) is 25.3. The number of carboxylic acid groups (broad SMARTS) is 1. The summed E-state index contributed by atoms with van der Waals surface area (Å²) in [5.41, 5.74) is 4.44. The highest BCUT2D eigenvalue weighted by molar-refractivity contribution is 5.88. The van der Waals surface area contributed by atoms with Crippen molar-refractivity contribution in [1.82, 2.24) is 29.6 Å². The molecule has 1 atom stereocenters. The van der Waals surface area contributed by atoms with Gasteiger partial charge in [0.05, 0.1) is 18.3 Å². The maximum absolute atomic E-state index is 12.9. The zero-order valence-corrected chi connectivity index (χ0v) is 21.0. The first-order valence-corrected chi connectivity index (χ1v) is 12.9. The number of carboxylic acids is 1. The summed E-state index contributed by atoms with van der Waals surface area (Å²) in [7, 11) is 1.78. The van der Waals surface area contributed by atoms with E-state index < -0.39 is 12.0 Å². The summed E-state index contributed by atoms with van der Waals surface area (Å²) in [5, 5.41) is 17.7. The van der Waals surface area contributed by atoms with Crippen LogP contribution in [0.1, 0.15) is 55.5 Å². The molecule has 0 amide bonds. The molecule has 0 fully saturated rings. The van der Waals surface area contributed by atoms with Gasteiger partial charge in [-0.25, -0.2) is 14.8 Å². The van der Waals surface area contributed by atoms with Crippen molar-refractivity contribution < 1.29 is 14.3 Å². The van der Waals surface area contributed by atoms with Crippen LogP contribution in [0.4, 0.5) is 10.2 Å². The lowest BCUT2D eigenvalue weighted by molar-refractivity contribution is -0.138. The van der Waals surface area contributed by atoms with E-state index in [2.05, 4.69) is 37.4 Å². The number of alkyl halides is 1. The number of hydrogen-bond acceptors (Lipinski definition) is 7. The van der Waals surface area contributed by atoms with Crippen LogP contribution < -0.4 is 5.32 Å². The molecule has 0 radical (unpaired) electrons. The van der Waals surface area contributed by atoms with Crippen LogP contribution in [-0.4, -0.2) is 73.1 Å². The maximum atomic E-state index is 12.9. The highest BCUT2D eigenvalue weighted by atomic mass is 19.1. The van der Waals surface area contributed by atoms with Crippen LogP contribution >= 0.6 is 0 Å². The van der Waals surface area contributed by atoms with Crippen LogP contribution in [0, 0.1) is 0 Å². The van der Waals surface area contributed by atoms with E-state index in [1.807, 2.05) is 0 Å². The van der Waals surface area contributed by atoms with E-state index in [9.17, 15) is 14.3 Å². The standard InChI is InChI=1S/C26H36FN7O2/c1-33-25-21(17-30-33)24(28-18-29-25)32-23(26(35)36)12-16-34(15-6-13-27)14-5-4-8-20-11-10-19-7-2-3-9-22(19)31-20/h10-11,17-18,23H,2-9,12-16H2,1H3,(H,35,36)(H,28,29,32)/t23-/m0/s1. The second kappa shape index (κ2) is 12.7. The molecule has 3 aromatic heterocycles. The fraction of sp³-hybridized carbons (Fsp3) is 0.577. The lowest BCUT2D eigenvalue weighted by atomic mass is 9.95. The van der Waals surface area contributed by atoms with Gasteiger partial charge < -0.3 is 15.3 Å². The van der Waals surface area contributed by atoms with Crippen molar-refractivity contribution in [1.29, 1.82) is 0 Å². The number of rotatable bonds is 14. The minimum atomic E-state index is -0.949. The molecular formula is C26H36FN7O2. The molecule has 0 saturated heterocycles. The topological polar surface area (TPSA) is 109 Å². The number of unbranched alkanes of at least 4 members (excludes halogenated alkanes) is 1. The molecule has 3 heterocycles. The van der Waals surface area contributed by atoms with Gasteiger partial charge in [0.1, 0.15) is 18.2 Å². The van der Waals surface area contributed by atoms with Crippen molar-refractivity contribution in [3.8, 4) is 0 Å². The Labute approximate surface area is 211 Å². The summed E-state index contributed by atoms with van der Waals surface area (Å²) in [6, 6.07) is 3.57. The molecule has 10 heteroatoms. The van der Waals surface area contributed by atoms with Crippen LogP contribution in [0.25, 0.3) is 11.0 Å². The van der Waals surface area contributed by atoms with Gasteiger partial charge >= 0.3 is 5.97 Å². The molecule has 0 unspecified atom stereocenters. The van der Waals surface area contributed by atoms with Crippen molar-refractivity contribution in [2.45, 2.75) is 63.8 Å². The van der Waals surface area contributed by atoms with Gasteiger partial charge in [0, 0.05) is 31.5 Å². The number of nitrogens with zero attached hydrogens (tertiary/aromatic N) is 6. The van der Waals surface area contributed by atoms with E-state index in [4.69, 9.17) is 4.98 Å². The predicted molar refractivity (Wildman–Crippen MR) is 137 cm³/mol. The average Bonchev–Trinajstić information content (AvgIpc) is 3.28. The molecule has 0 saturated carbocycles. The first-order chi connectivity index (χ1) is 17.5. The van der Waals surface area contributed by atoms with Gasteiger partial charge in [-0.3, -0.25) is 14.1 Å². The lowest BCUT2D eigenvalue weighted by Gasteiger charge is -2.24. The summed E-state index contributed by atoms with van der Waals surface area (Å²) in [6.45, 7) is 1.59. The third-order valence-corrected chi connectivity index (χ3v) is 6.87. The van der Waals surface area contributed by atoms with E-state index in [1.165, 1.54) is 30.4 Å². The number of halogens is 1. The van der Waals surface area contributed by atoms with Crippen molar-refractivity contribution in [2.24, 2.45) is 7.05 Å². The minimum Gasteiger partial charge on any atom is -0.480 e. The van der Waals surface area contributed by atoms with Crippen molar-refractivity contribution in [3.63, 3.8) is 0 Å². The Morgan fingerprint density at radius 3 is 2.83 bits per heavy atom. The second-order valence-electron chi connectivity index (χ2n) is 9.51. The SMILES string of the molecule is Cn1ncc2c(N[C@@H](CCN(CCCF)CCCCc3ccc4c(n3)CCCC4)C(=O)O)ncnc21. The first kappa shape index (κ1) is 25.9. The number of aliphatic carboxylic acids is 1. The van der Waals surface area contributed by atoms with Crippen LogP contribution in [0.5, 0.6) is 0 Å². The summed E-state index contributed by atoms with van der Waals surface area (Å²) >= 11 is 0. The van der Waals surface area contributed by atoms with Crippen LogP contribution in [-0.2, 0) is 31.1 Å². The molecule has 0 aliphatic heterocycles. The summed E-state index contributed by atoms with van der Waals surface area (Å²) in [4.78, 5) is 27.4. The molecule has 1 aliphatic rings. The third-order valence-electron chi connectivity index (χ3n) is 6.87. The quantitative estimate of drug-likeness (QED) is 0.325. The Kier molecular flexibility index (Phi) is 9.16. The van der Waals surface area contributed by atoms with E-state index >= 15 is 0 Å². The van der Waals surface area contributed by atoms with Crippen molar-refractivity contribution in [2.75, 3.05) is 31.6 Å². The number of hydrogen-bond donors (Lipinski definition) is 2. The third kappa shape index (κ3) is 6.75. The highest BCUT2D eigenvalue weighted by Gasteiger charge is 2.21. The Morgan fingerprint density at radius 1 is 1.17 bits per heavy atom. The second-order valence-corrected chi connectivity index (χ2v) is 9.51. The lowest BCUT2D eigenvalue weighted by Crippen LogP contribution is -2.36. The molecule has 9 nitrogen and oxygen atoms in total. The molecule has 3 aromatic rings. The number of aryl methyl sites for hydroxylation is 4. The van der Waals surface area contributed by atoms with E-state index in [-0.39, 0.29) is 6.67 Å². The normalized spacial score (nSPS) is 14.2. The molecule has 0 aromatic carbocycles. The van der Waals surface area contributed by atoms with Crippen molar-refractivity contribution in [3.05, 3.63) is 41.6 Å². The highest BCUT2D eigenvalue weighted by Crippen LogP contribution is 2.21. The van der Waals surface area contributed by atoms with Gasteiger partial charge in [0.15, 0.2) is 5.65 Å². The minimum absolute atomic E-state index is 0.375. The first-order valence-electron chi connectivity index (χ1n) is 12.9. The smallest absolute Gasteiger partial charge is 0.326 e. The Bertz CT molecular complexity index is 1150. The molecule has 0 bridgehead atoms. The summed E-state index contributed by atoms with van der Waals surface area (Å²) in [5.74, 6) is -0.497. The summed E-state index contributed by atoms with van der Waals surface area (Å²) < 4.78 is 14.5. The van der Waals surface area contributed by atoms with Crippen LogP contribution in [0.2, 0.25) is 0 Å². The average molecular weight is 498 g/mol. The van der Waals surface area contributed by atoms with Gasteiger partial charge in [-0.2, -0.15) is 5.10 Å². The molecule has 36 heavy (non-hydrogen) atoms. The van der Waals surface area contributed by atoms with Crippen LogP contribution in [0.3, 0.4) is 0 Å². The molecule has 0 spiro atoms. The fourth-order valence-electron chi connectivity index (χ4n) is 4.84. The van der Waals surface area contributed by atoms with Crippen LogP contribution in [0.15, 0.2) is 24.7 Å². The zero-order valence-electron chi connectivity index (χ0n) is 21.0. The van der Waals surface area contributed by atoms with E-state index in [0.717, 1.165) is 44.3 Å². The molecule has 1 aliphatic carbocycles. The van der Waals surface area contributed by atoms with Gasteiger partial charge in [-0.15, -0.1) is 0 Å². The number of anilines is 1.